The largest absolute Gasteiger partial charge is 0.392 e. The minimum absolute atomic E-state index is 0.729. The molecule has 2 aliphatic rings. The number of allylic oxidation sites excluding steroid dienone is 6. The molecule has 0 heterocycles. The Morgan fingerprint density at radius 1 is 1.45 bits per heavy atom. The first-order valence-corrected chi connectivity index (χ1v) is 3.66. The van der Waals surface area contributed by atoms with Gasteiger partial charge in [-0.05, 0) is 29.7 Å². The second-order valence-corrected chi connectivity index (χ2v) is 2.67. The van der Waals surface area contributed by atoms with Crippen LogP contribution in [0.2, 0.25) is 0 Å². The maximum Gasteiger partial charge on any atom is 0.0750 e. The molecule has 0 bridgehead atoms. The van der Waals surface area contributed by atoms with Gasteiger partial charge in [0.05, 0.1) is 5.70 Å². The summed E-state index contributed by atoms with van der Waals surface area (Å²) in [4.78, 5) is 0. The summed E-state index contributed by atoms with van der Waals surface area (Å²) in [5.41, 5.74) is 11.8. The van der Waals surface area contributed by atoms with Gasteiger partial charge >= 0.3 is 0 Å². The summed E-state index contributed by atoms with van der Waals surface area (Å²) in [7, 11) is 0. The summed E-state index contributed by atoms with van der Waals surface area (Å²) >= 11 is 0. The van der Waals surface area contributed by atoms with E-state index in [0.717, 1.165) is 12.1 Å². The molecule has 54 valence electrons. The number of fused-ring (bicyclic) bond motifs is 1. The van der Waals surface area contributed by atoms with Crippen LogP contribution in [-0.2, 0) is 0 Å². The highest BCUT2D eigenvalue weighted by atomic mass is 14.6. The zero-order chi connectivity index (χ0) is 7.68. The van der Waals surface area contributed by atoms with Gasteiger partial charge in [0.15, 0.2) is 0 Å². The first-order chi connectivity index (χ1) is 5.36. The van der Waals surface area contributed by atoms with Gasteiger partial charge in [0.1, 0.15) is 0 Å². The predicted molar refractivity (Wildman–Crippen MR) is 45.7 cm³/mol. The summed E-state index contributed by atoms with van der Waals surface area (Å²) in [6, 6.07) is 0. The molecule has 0 fully saturated rings. The van der Waals surface area contributed by atoms with Crippen molar-refractivity contribution in [1.82, 2.24) is 0 Å². The van der Waals surface area contributed by atoms with E-state index in [2.05, 4.69) is 24.0 Å². The average Bonchev–Trinajstić information content (AvgIpc) is 2.04. The molecule has 0 aromatic rings. The number of hydrogen-bond acceptors (Lipinski definition) is 1. The second-order valence-electron chi connectivity index (χ2n) is 2.67. The second kappa shape index (κ2) is 2.30. The van der Waals surface area contributed by atoms with Crippen LogP contribution in [0.25, 0.3) is 0 Å². The highest BCUT2D eigenvalue weighted by Crippen LogP contribution is 2.23. The van der Waals surface area contributed by atoms with Gasteiger partial charge < -0.3 is 5.73 Å². The third-order valence-corrected chi connectivity index (χ3v) is 1.84. The van der Waals surface area contributed by atoms with E-state index >= 15 is 0 Å². The van der Waals surface area contributed by atoms with Crippen molar-refractivity contribution in [3.8, 4) is 0 Å². The highest BCUT2D eigenvalue weighted by Gasteiger charge is 2.06. The van der Waals surface area contributed by atoms with Gasteiger partial charge in [0.25, 0.3) is 0 Å². The van der Waals surface area contributed by atoms with Crippen LogP contribution in [0, 0.1) is 0 Å². The van der Waals surface area contributed by atoms with Crippen LogP contribution >= 0.6 is 0 Å². The standard InChI is InChI=1S/C10H9N/c11-10-6-5-8-3-1-2-4-9(8)7-10/h1-3,5,7H,4,11H2. The van der Waals surface area contributed by atoms with Gasteiger partial charge in [-0.3, -0.25) is 0 Å². The molecular formula is C10H9N. The van der Waals surface area contributed by atoms with E-state index in [4.69, 9.17) is 5.73 Å². The van der Waals surface area contributed by atoms with Crippen LogP contribution in [0.1, 0.15) is 6.42 Å². The van der Waals surface area contributed by atoms with E-state index in [-0.39, 0.29) is 0 Å². The maximum absolute atomic E-state index is 5.59. The third-order valence-electron chi connectivity index (χ3n) is 1.84. The molecule has 0 radical (unpaired) electrons. The molecule has 0 amide bonds. The molecule has 0 saturated carbocycles. The summed E-state index contributed by atoms with van der Waals surface area (Å²) in [6.45, 7) is 0. The lowest BCUT2D eigenvalue weighted by atomic mass is 9.95. The van der Waals surface area contributed by atoms with E-state index in [9.17, 15) is 0 Å². The van der Waals surface area contributed by atoms with Gasteiger partial charge in [-0.1, -0.05) is 24.0 Å². The van der Waals surface area contributed by atoms with Crippen molar-refractivity contribution in [3.05, 3.63) is 53.0 Å². The molecule has 0 aromatic carbocycles. The molecule has 2 rings (SSSR count). The van der Waals surface area contributed by atoms with Crippen LogP contribution in [0.15, 0.2) is 53.0 Å². The maximum atomic E-state index is 5.59. The first kappa shape index (κ1) is 6.26. The zero-order valence-electron chi connectivity index (χ0n) is 6.17. The number of hydrogen-bond donors (Lipinski definition) is 1. The molecule has 2 N–H and O–H groups in total. The fraction of sp³-hybridized carbons (Fsp3) is 0.100. The van der Waals surface area contributed by atoms with Crippen molar-refractivity contribution in [2.75, 3.05) is 0 Å². The molecular weight excluding hydrogens is 134 g/mol. The molecule has 0 saturated heterocycles. The Kier molecular flexibility index (Phi) is 1.31. The lowest BCUT2D eigenvalue weighted by Gasteiger charge is -2.11. The fourth-order valence-electron chi connectivity index (χ4n) is 1.27. The molecule has 0 aromatic heterocycles. The quantitative estimate of drug-likeness (QED) is 0.514. The van der Waals surface area contributed by atoms with Crippen molar-refractivity contribution in [2.45, 2.75) is 6.42 Å². The molecule has 0 aliphatic heterocycles. The Labute approximate surface area is 65.9 Å². The average molecular weight is 143 g/mol. The summed E-state index contributed by atoms with van der Waals surface area (Å²) in [5.74, 6) is 0. The van der Waals surface area contributed by atoms with Crippen molar-refractivity contribution < 1.29 is 0 Å². The van der Waals surface area contributed by atoms with Crippen LogP contribution in [0.5, 0.6) is 0 Å². The molecule has 2 aliphatic carbocycles. The Morgan fingerprint density at radius 2 is 2.36 bits per heavy atom. The zero-order valence-corrected chi connectivity index (χ0v) is 6.17. The number of rotatable bonds is 0. The van der Waals surface area contributed by atoms with Crippen molar-refractivity contribution in [3.63, 3.8) is 0 Å². The molecule has 0 atom stereocenters. The first-order valence-electron chi connectivity index (χ1n) is 3.66. The highest BCUT2D eigenvalue weighted by molar-refractivity contribution is 5.51. The minimum Gasteiger partial charge on any atom is -0.392 e. The van der Waals surface area contributed by atoms with Gasteiger partial charge in [-0.2, -0.15) is 0 Å². The molecule has 11 heavy (non-hydrogen) atoms. The summed E-state index contributed by atoms with van der Waals surface area (Å²) < 4.78 is 0. The van der Waals surface area contributed by atoms with Crippen LogP contribution in [0.4, 0.5) is 0 Å². The normalized spacial score (nSPS) is 20.2. The van der Waals surface area contributed by atoms with Gasteiger partial charge in [-0.15, -0.1) is 0 Å². The lowest BCUT2D eigenvalue weighted by molar-refractivity contribution is 1.19. The lowest BCUT2D eigenvalue weighted by Crippen LogP contribution is -1.99. The minimum atomic E-state index is 0.729. The third kappa shape index (κ3) is 1.06. The van der Waals surface area contributed by atoms with E-state index in [1.165, 1.54) is 11.1 Å². The summed E-state index contributed by atoms with van der Waals surface area (Å²) in [6.07, 6.45) is 11.2. The molecule has 0 unspecified atom stereocenters. The molecule has 1 heteroatoms. The van der Waals surface area contributed by atoms with Crippen LogP contribution in [-0.4, -0.2) is 0 Å². The van der Waals surface area contributed by atoms with Crippen molar-refractivity contribution in [2.24, 2.45) is 5.73 Å². The van der Waals surface area contributed by atoms with E-state index in [1.807, 2.05) is 12.2 Å². The van der Waals surface area contributed by atoms with Crippen molar-refractivity contribution in [1.29, 1.82) is 0 Å². The van der Waals surface area contributed by atoms with Crippen LogP contribution in [0.3, 0.4) is 0 Å². The van der Waals surface area contributed by atoms with Gasteiger partial charge in [0.2, 0.25) is 0 Å². The molecule has 1 nitrogen and oxygen atoms in total. The predicted octanol–water partition coefficient (Wildman–Crippen LogP) is 1.81. The Morgan fingerprint density at radius 3 is 3.27 bits per heavy atom. The Hall–Kier alpha value is -1.46. The Bertz CT molecular complexity index is 334. The number of nitrogens with two attached hydrogens (primary N) is 1. The smallest absolute Gasteiger partial charge is 0.0750 e. The Balaban J connectivity index is 2.51. The van der Waals surface area contributed by atoms with E-state index < -0.39 is 0 Å². The van der Waals surface area contributed by atoms with E-state index in [1.54, 1.807) is 0 Å². The SMILES string of the molecule is NC1=C=CC2=CC=CCC2=C1. The van der Waals surface area contributed by atoms with Gasteiger partial charge in [0, 0.05) is 0 Å². The van der Waals surface area contributed by atoms with Crippen molar-refractivity contribution >= 4 is 0 Å². The van der Waals surface area contributed by atoms with E-state index in [0.29, 0.717) is 0 Å². The van der Waals surface area contributed by atoms with Crippen LogP contribution < -0.4 is 5.73 Å². The molecule has 0 spiro atoms. The topological polar surface area (TPSA) is 26.0 Å². The van der Waals surface area contributed by atoms with Gasteiger partial charge in [-0.25, -0.2) is 0 Å². The monoisotopic (exact) mass is 143 g/mol. The summed E-state index contributed by atoms with van der Waals surface area (Å²) in [5, 5.41) is 0. The fourth-order valence-corrected chi connectivity index (χ4v) is 1.27.